The largest absolute Gasteiger partial charge is 0.482 e. The van der Waals surface area contributed by atoms with E-state index in [2.05, 4.69) is 74.6 Å². The van der Waals surface area contributed by atoms with Gasteiger partial charge in [0, 0.05) is 37.4 Å². The second kappa shape index (κ2) is 11.0. The van der Waals surface area contributed by atoms with Gasteiger partial charge in [-0.05, 0) is 54.4 Å². The van der Waals surface area contributed by atoms with Gasteiger partial charge in [-0.3, -0.25) is 4.79 Å². The molecule has 8 heteroatoms. The van der Waals surface area contributed by atoms with Gasteiger partial charge < -0.3 is 15.4 Å². The van der Waals surface area contributed by atoms with Gasteiger partial charge >= 0.3 is 0 Å². The van der Waals surface area contributed by atoms with Gasteiger partial charge in [0.15, 0.2) is 0 Å². The Bertz CT molecular complexity index is 1210. The number of carbonyl (C=O) groups is 1. The third-order valence-corrected chi connectivity index (χ3v) is 6.91. The number of ether oxygens (including phenoxy) is 1. The number of amides is 1. The molecule has 3 aromatic rings. The van der Waals surface area contributed by atoms with Gasteiger partial charge in [0.25, 0.3) is 0 Å². The zero-order valence-corrected chi connectivity index (χ0v) is 20.9. The first-order chi connectivity index (χ1) is 17.6. The number of para-hydroxylation sites is 1. The molecule has 1 fully saturated rings. The van der Waals surface area contributed by atoms with Crippen molar-refractivity contribution in [3.63, 3.8) is 0 Å². The van der Waals surface area contributed by atoms with E-state index in [1.165, 1.54) is 11.1 Å². The summed E-state index contributed by atoms with van der Waals surface area (Å²) in [4.78, 5) is 12.6. The molecule has 3 heterocycles. The van der Waals surface area contributed by atoms with Crippen LogP contribution in [0.5, 0.6) is 5.75 Å². The molecule has 0 aliphatic carbocycles. The highest BCUT2D eigenvalue weighted by Crippen LogP contribution is 2.42. The summed E-state index contributed by atoms with van der Waals surface area (Å²) in [7, 11) is 0. The number of aryl methyl sites for hydroxylation is 1. The third-order valence-electron chi connectivity index (χ3n) is 6.91. The van der Waals surface area contributed by atoms with E-state index < -0.39 is 0 Å². The Hall–Kier alpha value is -3.52. The van der Waals surface area contributed by atoms with Gasteiger partial charge in [0.2, 0.25) is 11.7 Å². The van der Waals surface area contributed by atoms with Crippen LogP contribution < -0.4 is 15.4 Å². The summed E-state index contributed by atoms with van der Waals surface area (Å²) in [6.07, 6.45) is 8.38. The van der Waals surface area contributed by atoms with Crippen molar-refractivity contribution >= 4 is 11.5 Å². The number of fused-ring (bicyclic) bond motifs is 1. The minimum Gasteiger partial charge on any atom is -0.482 e. The van der Waals surface area contributed by atoms with Crippen molar-refractivity contribution in [1.29, 1.82) is 0 Å². The van der Waals surface area contributed by atoms with Crippen molar-refractivity contribution in [2.24, 2.45) is 0 Å². The Morgan fingerprint density at radius 3 is 2.58 bits per heavy atom. The first-order valence-electron chi connectivity index (χ1n) is 13.0. The van der Waals surface area contributed by atoms with Crippen LogP contribution in [0.1, 0.15) is 56.6 Å². The van der Waals surface area contributed by atoms with E-state index in [0.29, 0.717) is 5.82 Å². The molecule has 1 spiro atoms. The molecule has 0 radical (unpaired) electrons. The monoisotopic (exact) mass is 486 g/mol. The summed E-state index contributed by atoms with van der Waals surface area (Å²) in [6, 6.07) is 16.8. The van der Waals surface area contributed by atoms with Gasteiger partial charge in [-0.1, -0.05) is 55.3 Å². The summed E-state index contributed by atoms with van der Waals surface area (Å²) in [5.74, 6) is 1.63. The summed E-state index contributed by atoms with van der Waals surface area (Å²) < 4.78 is 6.51. The molecule has 0 bridgehead atoms. The lowest BCUT2D eigenvalue weighted by Gasteiger charge is -2.40. The Morgan fingerprint density at radius 1 is 1.03 bits per heavy atom. The number of piperidine rings is 1. The van der Waals surface area contributed by atoms with Crippen LogP contribution in [0.25, 0.3) is 17.0 Å². The van der Waals surface area contributed by atoms with Gasteiger partial charge in [-0.15, -0.1) is 10.2 Å². The highest BCUT2D eigenvalue weighted by atomic mass is 16.5. The number of tetrazole rings is 1. The smallest absolute Gasteiger partial charge is 0.216 e. The standard InChI is InChI=1S/C28H34N6O2/c1-21(35)30-16-6-2-3-7-19-34-32-27(31-33-34)23-12-10-22(11-13-23)25-20-28(14-17-29-18-15-28)36-26-9-5-4-8-24(25)26/h4-5,8-13,20,29H,2-3,6-7,14-19H2,1H3,(H,30,35). The minimum atomic E-state index is -0.248. The molecular weight excluding hydrogens is 452 g/mol. The van der Waals surface area contributed by atoms with Crippen LogP contribution >= 0.6 is 0 Å². The number of hydrogen-bond acceptors (Lipinski definition) is 6. The number of unbranched alkanes of at least 4 members (excludes halogenated alkanes) is 3. The van der Waals surface area contributed by atoms with E-state index in [1.807, 2.05) is 6.07 Å². The van der Waals surface area contributed by atoms with Crippen molar-refractivity contribution in [2.75, 3.05) is 19.6 Å². The number of aromatic nitrogens is 4. The van der Waals surface area contributed by atoms with Crippen LogP contribution in [0.15, 0.2) is 54.6 Å². The first kappa shape index (κ1) is 24.2. The van der Waals surface area contributed by atoms with E-state index in [0.717, 1.165) is 81.6 Å². The zero-order chi connectivity index (χ0) is 24.8. The molecule has 2 aliphatic heterocycles. The Labute approximate surface area is 212 Å². The topological polar surface area (TPSA) is 94.0 Å². The molecule has 0 atom stereocenters. The fourth-order valence-corrected chi connectivity index (χ4v) is 4.95. The van der Waals surface area contributed by atoms with Crippen LogP contribution in [0.3, 0.4) is 0 Å². The lowest BCUT2D eigenvalue weighted by Crippen LogP contribution is -2.46. The SMILES string of the molecule is CC(=O)NCCCCCCn1nnc(-c2ccc(C3=CC4(CCNCC4)Oc4ccccc43)cc2)n1. The fraction of sp³-hybridized carbons (Fsp3) is 0.429. The predicted molar refractivity (Wildman–Crippen MR) is 139 cm³/mol. The highest BCUT2D eigenvalue weighted by molar-refractivity contribution is 5.85. The predicted octanol–water partition coefficient (Wildman–Crippen LogP) is 3.98. The molecule has 1 saturated heterocycles. The summed E-state index contributed by atoms with van der Waals surface area (Å²) in [5.41, 5.74) is 4.23. The number of benzene rings is 2. The van der Waals surface area contributed by atoms with E-state index >= 15 is 0 Å². The Balaban J connectivity index is 1.24. The molecular formula is C28H34N6O2. The van der Waals surface area contributed by atoms with Gasteiger partial charge in [-0.2, -0.15) is 4.80 Å². The van der Waals surface area contributed by atoms with Crippen LogP contribution in [0, 0.1) is 0 Å². The van der Waals surface area contributed by atoms with Crippen LogP contribution in [-0.2, 0) is 11.3 Å². The molecule has 188 valence electrons. The highest BCUT2D eigenvalue weighted by Gasteiger charge is 2.36. The number of carbonyl (C=O) groups excluding carboxylic acids is 1. The minimum absolute atomic E-state index is 0.0300. The number of nitrogens with one attached hydrogen (secondary N) is 2. The molecule has 2 aromatic carbocycles. The molecule has 36 heavy (non-hydrogen) atoms. The second-order valence-electron chi connectivity index (χ2n) is 9.65. The fourth-order valence-electron chi connectivity index (χ4n) is 4.95. The zero-order valence-electron chi connectivity index (χ0n) is 20.9. The van der Waals surface area contributed by atoms with Gasteiger partial charge in [0.1, 0.15) is 11.4 Å². The normalized spacial score (nSPS) is 16.2. The van der Waals surface area contributed by atoms with Crippen molar-refractivity contribution in [3.05, 3.63) is 65.7 Å². The molecule has 2 aliphatic rings. The van der Waals surface area contributed by atoms with Crippen LogP contribution in [0.2, 0.25) is 0 Å². The van der Waals surface area contributed by atoms with Crippen LogP contribution in [0.4, 0.5) is 0 Å². The maximum absolute atomic E-state index is 10.9. The molecule has 8 nitrogen and oxygen atoms in total. The Kier molecular flexibility index (Phi) is 7.41. The van der Waals surface area contributed by atoms with Gasteiger partial charge in [0.05, 0.1) is 6.54 Å². The molecule has 1 amide bonds. The Morgan fingerprint density at radius 2 is 1.78 bits per heavy atom. The average molecular weight is 487 g/mol. The molecule has 1 aromatic heterocycles. The number of nitrogens with zero attached hydrogens (tertiary/aromatic N) is 4. The molecule has 5 rings (SSSR count). The van der Waals surface area contributed by atoms with Crippen molar-refractivity contribution in [2.45, 2.75) is 57.6 Å². The van der Waals surface area contributed by atoms with E-state index in [-0.39, 0.29) is 11.5 Å². The number of rotatable bonds is 9. The lowest BCUT2D eigenvalue weighted by molar-refractivity contribution is -0.118. The van der Waals surface area contributed by atoms with Gasteiger partial charge in [-0.25, -0.2) is 0 Å². The van der Waals surface area contributed by atoms with Crippen molar-refractivity contribution in [1.82, 2.24) is 30.8 Å². The van der Waals surface area contributed by atoms with Crippen molar-refractivity contribution in [3.8, 4) is 17.1 Å². The quantitative estimate of drug-likeness (QED) is 0.445. The first-order valence-corrected chi connectivity index (χ1v) is 13.0. The summed E-state index contributed by atoms with van der Waals surface area (Å²) in [5, 5.41) is 19.4. The maximum Gasteiger partial charge on any atom is 0.216 e. The summed E-state index contributed by atoms with van der Waals surface area (Å²) >= 11 is 0. The maximum atomic E-state index is 10.9. The average Bonchev–Trinajstić information content (AvgIpc) is 3.37. The van der Waals surface area contributed by atoms with Crippen LogP contribution in [-0.4, -0.2) is 51.3 Å². The van der Waals surface area contributed by atoms with E-state index in [4.69, 9.17) is 4.74 Å². The molecule has 0 saturated carbocycles. The number of hydrogen-bond donors (Lipinski definition) is 2. The van der Waals surface area contributed by atoms with E-state index in [9.17, 15) is 4.79 Å². The second-order valence-corrected chi connectivity index (χ2v) is 9.65. The van der Waals surface area contributed by atoms with Crippen molar-refractivity contribution < 1.29 is 9.53 Å². The molecule has 0 unspecified atom stereocenters. The lowest BCUT2D eigenvalue weighted by atomic mass is 9.83. The van der Waals surface area contributed by atoms with E-state index in [1.54, 1.807) is 11.7 Å². The molecule has 2 N–H and O–H groups in total. The third kappa shape index (κ3) is 5.65. The summed E-state index contributed by atoms with van der Waals surface area (Å²) in [6.45, 7) is 4.95.